The molecule has 0 bridgehead atoms. The van der Waals surface area contributed by atoms with Gasteiger partial charge in [-0.05, 0) is 63.3 Å². The molecular weight excluding hydrogens is 561 g/mol. The number of urea groups is 1. The number of ether oxygens (including phenoxy) is 1. The van der Waals surface area contributed by atoms with Crippen molar-refractivity contribution < 1.29 is 27.5 Å². The molecule has 0 aliphatic carbocycles. The predicted molar refractivity (Wildman–Crippen MR) is 150 cm³/mol. The standard InChI is InChI=1S/C28H36ClF3N6O3/c1-5-21-12-23(13-22(6-2)38(21)27(40)41-17(3)4)37(16-18-9-19(28(30,31)32)11-20(29)10-18)25-34-14-24(15-35-25)36-8-7-33-26(36)39/h9-11,14-15,17,21-23H,5-8,12-13,16H2,1-4H3,(H,33,39)/t21-,22+,23?. The van der Waals surface area contributed by atoms with Gasteiger partial charge in [-0.1, -0.05) is 25.4 Å². The fourth-order valence-corrected chi connectivity index (χ4v) is 5.83. The van der Waals surface area contributed by atoms with Gasteiger partial charge in [0, 0.05) is 42.8 Å². The number of aromatic nitrogens is 2. The number of amides is 3. The van der Waals surface area contributed by atoms with Crippen LogP contribution >= 0.6 is 11.6 Å². The lowest BCUT2D eigenvalue weighted by Crippen LogP contribution is -2.57. The average Bonchev–Trinajstić information content (AvgIpc) is 3.35. The minimum atomic E-state index is -4.55. The minimum Gasteiger partial charge on any atom is -0.447 e. The molecule has 13 heteroatoms. The van der Waals surface area contributed by atoms with Gasteiger partial charge in [0.25, 0.3) is 0 Å². The summed E-state index contributed by atoms with van der Waals surface area (Å²) in [6.07, 6.45) is 0.354. The Balaban J connectivity index is 1.70. The van der Waals surface area contributed by atoms with Crippen molar-refractivity contribution in [3.05, 3.63) is 46.7 Å². The zero-order valence-corrected chi connectivity index (χ0v) is 24.4. The Hall–Kier alpha value is -3.28. The van der Waals surface area contributed by atoms with E-state index in [9.17, 15) is 22.8 Å². The number of halogens is 4. The number of nitrogens with one attached hydrogen (secondary N) is 1. The van der Waals surface area contributed by atoms with Crippen molar-refractivity contribution >= 4 is 35.4 Å². The topological polar surface area (TPSA) is 90.9 Å². The van der Waals surface area contributed by atoms with Crippen LogP contribution in [0.3, 0.4) is 0 Å². The highest BCUT2D eigenvalue weighted by Gasteiger charge is 2.41. The largest absolute Gasteiger partial charge is 0.447 e. The van der Waals surface area contributed by atoms with Gasteiger partial charge in [0.15, 0.2) is 0 Å². The lowest BCUT2D eigenvalue weighted by molar-refractivity contribution is -0.137. The van der Waals surface area contributed by atoms with Crippen LogP contribution in [0.1, 0.15) is 64.5 Å². The van der Waals surface area contributed by atoms with Gasteiger partial charge in [0.05, 0.1) is 29.7 Å². The molecule has 2 aromatic rings. The molecule has 0 spiro atoms. The predicted octanol–water partition coefficient (Wildman–Crippen LogP) is 6.25. The number of anilines is 2. The molecule has 9 nitrogen and oxygen atoms in total. The second kappa shape index (κ2) is 12.7. The second-order valence-corrected chi connectivity index (χ2v) is 11.1. The van der Waals surface area contributed by atoms with Crippen molar-refractivity contribution in [3.63, 3.8) is 0 Å². The number of nitrogens with zero attached hydrogens (tertiary/aromatic N) is 5. The van der Waals surface area contributed by atoms with E-state index in [2.05, 4.69) is 15.3 Å². The molecule has 1 N–H and O–H groups in total. The summed E-state index contributed by atoms with van der Waals surface area (Å²) in [6.45, 7) is 8.67. The maximum Gasteiger partial charge on any atom is 0.416 e. The molecule has 2 aliphatic rings. The third-order valence-corrected chi connectivity index (χ3v) is 7.71. The summed E-state index contributed by atoms with van der Waals surface area (Å²) in [5.41, 5.74) is 0.0504. The Morgan fingerprint density at radius 3 is 2.29 bits per heavy atom. The van der Waals surface area contributed by atoms with Crippen LogP contribution in [0.15, 0.2) is 30.6 Å². The first-order valence-electron chi connectivity index (χ1n) is 13.9. The fraction of sp³-hybridized carbons (Fsp3) is 0.571. The molecule has 2 aliphatic heterocycles. The van der Waals surface area contributed by atoms with Gasteiger partial charge in [0.2, 0.25) is 5.95 Å². The van der Waals surface area contributed by atoms with Gasteiger partial charge in [-0.2, -0.15) is 13.2 Å². The van der Waals surface area contributed by atoms with Crippen LogP contribution in [0, 0.1) is 0 Å². The molecule has 0 radical (unpaired) electrons. The zero-order chi connectivity index (χ0) is 29.9. The first-order valence-corrected chi connectivity index (χ1v) is 14.3. The highest BCUT2D eigenvalue weighted by atomic mass is 35.5. The zero-order valence-electron chi connectivity index (χ0n) is 23.6. The molecule has 4 rings (SSSR count). The van der Waals surface area contributed by atoms with E-state index in [1.165, 1.54) is 11.0 Å². The number of likely N-dealkylation sites (tertiary alicyclic amines) is 1. The molecule has 0 saturated carbocycles. The van der Waals surface area contributed by atoms with Gasteiger partial charge < -0.3 is 19.9 Å². The number of benzene rings is 1. The molecule has 1 unspecified atom stereocenters. The van der Waals surface area contributed by atoms with Crippen LogP contribution < -0.4 is 15.1 Å². The molecule has 224 valence electrons. The summed E-state index contributed by atoms with van der Waals surface area (Å²) in [6, 6.07) is 2.77. The Kier molecular flexibility index (Phi) is 9.51. The number of carbonyl (C=O) groups excluding carboxylic acids is 2. The van der Waals surface area contributed by atoms with Crippen LogP contribution in [-0.2, 0) is 17.5 Å². The quantitative estimate of drug-likeness (QED) is 0.387. The number of hydrogen-bond donors (Lipinski definition) is 1. The lowest BCUT2D eigenvalue weighted by atomic mass is 9.87. The Bertz CT molecular complexity index is 1220. The van der Waals surface area contributed by atoms with E-state index >= 15 is 0 Å². The number of carbonyl (C=O) groups is 2. The van der Waals surface area contributed by atoms with Crippen molar-refractivity contribution in [3.8, 4) is 0 Å². The Morgan fingerprint density at radius 2 is 1.78 bits per heavy atom. The molecule has 1 aromatic carbocycles. The second-order valence-electron chi connectivity index (χ2n) is 10.7. The normalized spacial score (nSPS) is 21.3. The van der Waals surface area contributed by atoms with E-state index in [1.807, 2.05) is 23.6 Å². The monoisotopic (exact) mass is 596 g/mol. The molecule has 2 saturated heterocycles. The molecule has 41 heavy (non-hydrogen) atoms. The third-order valence-electron chi connectivity index (χ3n) is 7.49. The van der Waals surface area contributed by atoms with Crippen molar-refractivity contribution in [1.82, 2.24) is 20.2 Å². The SMILES string of the molecule is CC[C@@H]1CC(N(Cc2cc(Cl)cc(C(F)(F)F)c2)c2ncc(N3CCNC3=O)cn2)C[C@H](CC)N1C(=O)OC(C)C. The van der Waals surface area contributed by atoms with Crippen LogP contribution in [0.2, 0.25) is 5.02 Å². The number of hydrogen-bond acceptors (Lipinski definition) is 6. The summed E-state index contributed by atoms with van der Waals surface area (Å²) in [4.78, 5) is 39.5. The van der Waals surface area contributed by atoms with Gasteiger partial charge in [-0.15, -0.1) is 0 Å². The summed E-state index contributed by atoms with van der Waals surface area (Å²) < 4.78 is 46.4. The van der Waals surface area contributed by atoms with E-state index in [0.29, 0.717) is 56.0 Å². The van der Waals surface area contributed by atoms with Crippen LogP contribution in [-0.4, -0.2) is 64.3 Å². The van der Waals surface area contributed by atoms with E-state index < -0.39 is 11.7 Å². The Morgan fingerprint density at radius 1 is 1.15 bits per heavy atom. The smallest absolute Gasteiger partial charge is 0.416 e. The maximum absolute atomic E-state index is 13.6. The molecule has 3 atom stereocenters. The van der Waals surface area contributed by atoms with Crippen LogP contribution in [0.5, 0.6) is 0 Å². The van der Waals surface area contributed by atoms with Gasteiger partial charge in [-0.25, -0.2) is 19.6 Å². The average molecular weight is 597 g/mol. The first-order chi connectivity index (χ1) is 19.4. The van der Waals surface area contributed by atoms with E-state index in [1.54, 1.807) is 26.2 Å². The van der Waals surface area contributed by atoms with E-state index in [4.69, 9.17) is 16.3 Å². The third kappa shape index (κ3) is 7.14. The Labute approximate surface area is 243 Å². The first kappa shape index (κ1) is 30.7. The highest BCUT2D eigenvalue weighted by molar-refractivity contribution is 6.30. The van der Waals surface area contributed by atoms with E-state index in [0.717, 1.165) is 12.1 Å². The van der Waals surface area contributed by atoms with Crippen LogP contribution in [0.25, 0.3) is 0 Å². The number of piperidine rings is 1. The van der Waals surface area contributed by atoms with Crippen molar-refractivity contribution in [2.75, 3.05) is 22.9 Å². The summed E-state index contributed by atoms with van der Waals surface area (Å²) in [5.74, 6) is 0.315. The summed E-state index contributed by atoms with van der Waals surface area (Å²) >= 11 is 6.11. The van der Waals surface area contributed by atoms with Crippen molar-refractivity contribution in [2.45, 2.75) is 90.3 Å². The van der Waals surface area contributed by atoms with Crippen molar-refractivity contribution in [1.29, 1.82) is 0 Å². The fourth-order valence-electron chi connectivity index (χ4n) is 5.58. The number of alkyl halides is 3. The molecular formula is C28H36ClF3N6O3. The molecule has 3 heterocycles. The molecule has 1 aromatic heterocycles. The number of rotatable bonds is 8. The molecule has 3 amide bonds. The van der Waals surface area contributed by atoms with Gasteiger partial charge >= 0.3 is 18.3 Å². The lowest BCUT2D eigenvalue weighted by Gasteiger charge is -2.47. The summed E-state index contributed by atoms with van der Waals surface area (Å²) in [5, 5.41) is 2.72. The highest BCUT2D eigenvalue weighted by Crippen LogP contribution is 2.36. The molecule has 2 fully saturated rings. The maximum atomic E-state index is 13.6. The minimum absolute atomic E-state index is 0.0183. The van der Waals surface area contributed by atoms with Crippen molar-refractivity contribution in [2.24, 2.45) is 0 Å². The van der Waals surface area contributed by atoms with E-state index in [-0.39, 0.29) is 47.9 Å². The van der Waals surface area contributed by atoms with Gasteiger partial charge in [-0.3, -0.25) is 4.90 Å². The summed E-state index contributed by atoms with van der Waals surface area (Å²) in [7, 11) is 0. The van der Waals surface area contributed by atoms with Crippen LogP contribution in [0.4, 0.5) is 34.4 Å². The van der Waals surface area contributed by atoms with Gasteiger partial charge in [0.1, 0.15) is 0 Å².